The quantitative estimate of drug-likeness (QED) is 0.543. The van der Waals surface area contributed by atoms with Gasteiger partial charge in [-0.15, -0.1) is 0 Å². The predicted molar refractivity (Wildman–Crippen MR) is 43.7 cm³/mol. The number of hydrogen-bond donors (Lipinski definition) is 0. The molecule has 1 heterocycles. The van der Waals surface area contributed by atoms with Crippen LogP contribution in [0.15, 0.2) is 0 Å². The van der Waals surface area contributed by atoms with Crippen molar-refractivity contribution in [2.45, 2.75) is 31.8 Å². The van der Waals surface area contributed by atoms with Crippen molar-refractivity contribution >= 4 is 5.78 Å². The lowest BCUT2D eigenvalue weighted by molar-refractivity contribution is -0.123. The molecule has 3 fully saturated rings. The summed E-state index contributed by atoms with van der Waals surface area (Å²) in [6, 6.07) is 0. The summed E-state index contributed by atoms with van der Waals surface area (Å²) in [4.78, 5) is 11.5. The smallest absolute Gasteiger partial charge is 0.136 e. The van der Waals surface area contributed by atoms with Crippen molar-refractivity contribution in [3.8, 4) is 0 Å². The topological polar surface area (TPSA) is 26.3 Å². The molecule has 0 aromatic rings. The van der Waals surface area contributed by atoms with Gasteiger partial charge in [0.1, 0.15) is 5.78 Å². The van der Waals surface area contributed by atoms with Crippen LogP contribution >= 0.6 is 0 Å². The third kappa shape index (κ3) is 0.764. The Kier molecular flexibility index (Phi) is 1.37. The van der Waals surface area contributed by atoms with E-state index < -0.39 is 0 Å². The van der Waals surface area contributed by atoms with Crippen LogP contribution in [-0.4, -0.2) is 18.5 Å². The second-order valence-corrected chi connectivity index (χ2v) is 4.42. The molecule has 0 amide bonds. The molecule has 0 radical (unpaired) electrons. The molecule has 4 atom stereocenters. The highest BCUT2D eigenvalue weighted by Crippen LogP contribution is 2.48. The summed E-state index contributed by atoms with van der Waals surface area (Å²) in [7, 11) is 0. The third-order valence-corrected chi connectivity index (χ3v) is 3.84. The van der Waals surface area contributed by atoms with Crippen molar-refractivity contribution in [2.24, 2.45) is 17.8 Å². The van der Waals surface area contributed by atoms with Crippen LogP contribution in [0.25, 0.3) is 0 Å². The largest absolute Gasteiger partial charge is 0.378 e. The Balaban J connectivity index is 1.94. The lowest BCUT2D eigenvalue weighted by Crippen LogP contribution is -2.30. The number of ketones is 1. The summed E-state index contributed by atoms with van der Waals surface area (Å²) in [5, 5.41) is 0. The highest BCUT2D eigenvalue weighted by atomic mass is 16.5. The molecule has 2 nitrogen and oxygen atoms in total. The van der Waals surface area contributed by atoms with Gasteiger partial charge in [0, 0.05) is 18.3 Å². The Labute approximate surface area is 72.3 Å². The molecular weight excluding hydrogens is 152 g/mol. The fraction of sp³-hybridized carbons (Fsp3) is 0.900. The average molecular weight is 166 g/mol. The van der Waals surface area contributed by atoms with Crippen molar-refractivity contribution < 1.29 is 9.53 Å². The van der Waals surface area contributed by atoms with Crippen LogP contribution in [0.1, 0.15) is 25.7 Å². The van der Waals surface area contributed by atoms with Crippen LogP contribution in [0.4, 0.5) is 0 Å². The Morgan fingerprint density at radius 2 is 2.25 bits per heavy atom. The number of hydrogen-bond acceptors (Lipinski definition) is 2. The molecule has 3 aliphatic rings. The van der Waals surface area contributed by atoms with Gasteiger partial charge < -0.3 is 4.74 Å². The van der Waals surface area contributed by atoms with Crippen molar-refractivity contribution in [1.82, 2.24) is 0 Å². The molecule has 2 saturated carbocycles. The Morgan fingerprint density at radius 1 is 1.33 bits per heavy atom. The van der Waals surface area contributed by atoms with Crippen molar-refractivity contribution in [2.75, 3.05) is 6.61 Å². The second-order valence-electron chi connectivity index (χ2n) is 4.42. The zero-order valence-corrected chi connectivity index (χ0v) is 7.16. The van der Waals surface area contributed by atoms with Gasteiger partial charge in [-0.25, -0.2) is 0 Å². The molecule has 12 heavy (non-hydrogen) atoms. The Morgan fingerprint density at radius 3 is 3.17 bits per heavy atom. The van der Waals surface area contributed by atoms with Crippen LogP contribution in [0.2, 0.25) is 0 Å². The van der Waals surface area contributed by atoms with Crippen LogP contribution in [0.5, 0.6) is 0 Å². The number of carbonyl (C=O) groups is 1. The maximum Gasteiger partial charge on any atom is 0.136 e. The summed E-state index contributed by atoms with van der Waals surface area (Å²) >= 11 is 0. The Bertz CT molecular complexity index is 222. The summed E-state index contributed by atoms with van der Waals surface area (Å²) in [6.07, 6.45) is 4.79. The van der Waals surface area contributed by atoms with Gasteiger partial charge in [0.25, 0.3) is 0 Å². The molecule has 1 saturated heterocycles. The van der Waals surface area contributed by atoms with Crippen LogP contribution in [0.3, 0.4) is 0 Å². The van der Waals surface area contributed by atoms with Crippen LogP contribution < -0.4 is 0 Å². The first-order chi connectivity index (χ1) is 5.86. The van der Waals surface area contributed by atoms with Crippen LogP contribution in [0, 0.1) is 17.8 Å². The lowest BCUT2D eigenvalue weighted by Gasteiger charge is -2.28. The predicted octanol–water partition coefficient (Wildman–Crippen LogP) is 1.39. The minimum absolute atomic E-state index is 0.385. The highest BCUT2D eigenvalue weighted by molar-refractivity contribution is 5.84. The lowest BCUT2D eigenvalue weighted by atomic mass is 9.77. The highest BCUT2D eigenvalue weighted by Gasteiger charge is 2.51. The van der Waals surface area contributed by atoms with Gasteiger partial charge >= 0.3 is 0 Å². The van der Waals surface area contributed by atoms with E-state index in [1.54, 1.807) is 0 Å². The van der Waals surface area contributed by atoms with Gasteiger partial charge in [0.05, 0.1) is 12.7 Å². The monoisotopic (exact) mass is 166 g/mol. The van der Waals surface area contributed by atoms with Crippen molar-refractivity contribution in [3.05, 3.63) is 0 Å². The second kappa shape index (κ2) is 2.32. The molecule has 0 aromatic carbocycles. The number of ether oxygens (including phenoxy) is 1. The number of Topliss-reactive ketones (excluding diaryl/α,β-unsaturated/α-hetero) is 1. The zero-order chi connectivity index (χ0) is 8.13. The van der Waals surface area contributed by atoms with Gasteiger partial charge in [-0.05, 0) is 18.8 Å². The SMILES string of the molecule is O=C1C[C@H]2CO[C@H]3CCC[C@@H]1[C@@H]23. The maximum absolute atomic E-state index is 11.5. The molecule has 0 unspecified atom stereocenters. The molecule has 0 bridgehead atoms. The van der Waals surface area contributed by atoms with E-state index in [2.05, 4.69) is 0 Å². The minimum atomic E-state index is 0.385. The molecule has 1 aliphatic heterocycles. The third-order valence-electron chi connectivity index (χ3n) is 3.84. The zero-order valence-electron chi connectivity index (χ0n) is 7.16. The van der Waals surface area contributed by atoms with Gasteiger partial charge in [0.2, 0.25) is 0 Å². The average Bonchev–Trinajstić information content (AvgIpc) is 2.61. The van der Waals surface area contributed by atoms with Gasteiger partial charge in [0.15, 0.2) is 0 Å². The van der Waals surface area contributed by atoms with E-state index in [0.29, 0.717) is 29.6 Å². The van der Waals surface area contributed by atoms with Crippen molar-refractivity contribution in [1.29, 1.82) is 0 Å². The summed E-state index contributed by atoms with van der Waals surface area (Å²) in [5.74, 6) is 2.12. The molecule has 3 rings (SSSR count). The van der Waals surface area contributed by atoms with Crippen LogP contribution in [-0.2, 0) is 9.53 Å². The molecule has 2 heteroatoms. The summed E-state index contributed by atoms with van der Waals surface area (Å²) in [5.41, 5.74) is 0. The minimum Gasteiger partial charge on any atom is -0.378 e. The first-order valence-corrected chi connectivity index (χ1v) is 5.00. The van der Waals surface area contributed by atoms with E-state index in [0.717, 1.165) is 19.4 Å². The van der Waals surface area contributed by atoms with E-state index in [4.69, 9.17) is 4.74 Å². The summed E-state index contributed by atoms with van der Waals surface area (Å²) in [6.45, 7) is 0.859. The van der Waals surface area contributed by atoms with E-state index in [9.17, 15) is 4.79 Å². The normalized spacial score (nSPS) is 51.2. The van der Waals surface area contributed by atoms with Gasteiger partial charge in [-0.2, -0.15) is 0 Å². The standard InChI is InChI=1S/C10H14O2/c11-8-4-6-5-12-9-3-1-2-7(8)10(6)9/h6-7,9-10H,1-5H2/t6-,7-,9-,10+/m0/s1. The van der Waals surface area contributed by atoms with E-state index in [-0.39, 0.29) is 0 Å². The molecule has 0 spiro atoms. The first-order valence-electron chi connectivity index (χ1n) is 5.00. The molecule has 66 valence electrons. The molecule has 0 N–H and O–H groups in total. The number of carbonyl (C=O) groups excluding carboxylic acids is 1. The van der Waals surface area contributed by atoms with Gasteiger partial charge in [-0.3, -0.25) is 4.79 Å². The molecular formula is C10H14O2. The number of rotatable bonds is 0. The van der Waals surface area contributed by atoms with Gasteiger partial charge in [-0.1, -0.05) is 6.42 Å². The van der Waals surface area contributed by atoms with Crippen molar-refractivity contribution in [3.63, 3.8) is 0 Å². The van der Waals surface area contributed by atoms with E-state index in [1.807, 2.05) is 0 Å². The van der Waals surface area contributed by atoms with E-state index in [1.165, 1.54) is 12.8 Å². The Hall–Kier alpha value is -0.370. The fourth-order valence-electron chi connectivity index (χ4n) is 3.35. The summed E-state index contributed by atoms with van der Waals surface area (Å²) < 4.78 is 5.69. The molecule has 2 aliphatic carbocycles. The fourth-order valence-corrected chi connectivity index (χ4v) is 3.35. The molecule has 0 aromatic heterocycles. The van der Waals surface area contributed by atoms with E-state index >= 15 is 0 Å². The first kappa shape index (κ1) is 7.07. The maximum atomic E-state index is 11.5.